The van der Waals surface area contributed by atoms with E-state index >= 15 is 0 Å². The van der Waals surface area contributed by atoms with E-state index in [2.05, 4.69) is 63.9 Å². The van der Waals surface area contributed by atoms with Crippen LogP contribution < -0.4 is 5.32 Å². The average Bonchev–Trinajstić information content (AvgIpc) is 3.04. The van der Waals surface area contributed by atoms with E-state index < -0.39 is 0 Å². The molecule has 0 saturated carbocycles. The quantitative estimate of drug-likeness (QED) is 0.840. The lowest BCUT2D eigenvalue weighted by atomic mass is 9.93. The molecule has 0 fully saturated rings. The van der Waals surface area contributed by atoms with Gasteiger partial charge in [0.1, 0.15) is 0 Å². The SMILES string of the molecule is CCNC(Cc1cc(Br)cs1)C1Cc2ccccc2C1. The van der Waals surface area contributed by atoms with Crippen molar-refractivity contribution in [3.8, 4) is 0 Å². The largest absolute Gasteiger partial charge is 0.314 e. The molecule has 1 nitrogen and oxygen atoms in total. The molecule has 0 spiro atoms. The van der Waals surface area contributed by atoms with Crippen molar-refractivity contribution in [3.63, 3.8) is 0 Å². The Labute approximate surface area is 133 Å². The molecule has 1 aliphatic rings. The highest BCUT2D eigenvalue weighted by Crippen LogP contribution is 2.31. The van der Waals surface area contributed by atoms with Crippen LogP contribution in [0, 0.1) is 5.92 Å². The summed E-state index contributed by atoms with van der Waals surface area (Å²) >= 11 is 5.42. The fourth-order valence-electron chi connectivity index (χ4n) is 3.22. The van der Waals surface area contributed by atoms with Gasteiger partial charge in [-0.1, -0.05) is 31.2 Å². The van der Waals surface area contributed by atoms with E-state index in [-0.39, 0.29) is 0 Å². The number of rotatable bonds is 5. The summed E-state index contributed by atoms with van der Waals surface area (Å²) in [6.07, 6.45) is 3.59. The third-order valence-electron chi connectivity index (χ3n) is 4.16. The molecular weight excluding hydrogens is 330 g/mol. The van der Waals surface area contributed by atoms with Gasteiger partial charge in [0.25, 0.3) is 0 Å². The van der Waals surface area contributed by atoms with Crippen LogP contribution in [0.5, 0.6) is 0 Å². The van der Waals surface area contributed by atoms with E-state index in [1.54, 1.807) is 11.1 Å². The minimum atomic E-state index is 0.581. The van der Waals surface area contributed by atoms with Gasteiger partial charge in [-0.25, -0.2) is 0 Å². The number of fused-ring (bicyclic) bond motifs is 1. The third-order valence-corrected chi connectivity index (χ3v) is 5.88. The Bertz CT molecular complexity index is 553. The maximum atomic E-state index is 3.71. The zero-order valence-electron chi connectivity index (χ0n) is 11.7. The Kier molecular flexibility index (Phi) is 4.59. The minimum Gasteiger partial charge on any atom is -0.314 e. The van der Waals surface area contributed by atoms with E-state index in [0.29, 0.717) is 6.04 Å². The molecule has 0 saturated heterocycles. The van der Waals surface area contributed by atoms with Crippen LogP contribution in [-0.2, 0) is 19.3 Å². The molecule has 1 aromatic carbocycles. The van der Waals surface area contributed by atoms with Gasteiger partial charge in [0.15, 0.2) is 0 Å². The number of thiophene rings is 1. The predicted molar refractivity (Wildman–Crippen MR) is 90.5 cm³/mol. The molecule has 1 heterocycles. The first-order chi connectivity index (χ1) is 9.76. The number of hydrogen-bond acceptors (Lipinski definition) is 2. The van der Waals surface area contributed by atoms with Crippen molar-refractivity contribution < 1.29 is 0 Å². The van der Waals surface area contributed by atoms with Crippen LogP contribution in [0.25, 0.3) is 0 Å². The van der Waals surface area contributed by atoms with Crippen LogP contribution >= 0.6 is 27.3 Å². The lowest BCUT2D eigenvalue weighted by Crippen LogP contribution is -2.38. The maximum absolute atomic E-state index is 3.71. The van der Waals surface area contributed by atoms with Crippen molar-refractivity contribution >= 4 is 27.3 Å². The van der Waals surface area contributed by atoms with Gasteiger partial charge in [0.2, 0.25) is 0 Å². The molecule has 0 radical (unpaired) electrons. The molecule has 1 unspecified atom stereocenters. The molecule has 1 N–H and O–H groups in total. The van der Waals surface area contributed by atoms with Gasteiger partial charge in [-0.2, -0.15) is 0 Å². The van der Waals surface area contributed by atoms with Crippen molar-refractivity contribution in [2.24, 2.45) is 5.92 Å². The summed E-state index contributed by atoms with van der Waals surface area (Å²) < 4.78 is 1.21. The second-order valence-electron chi connectivity index (χ2n) is 5.54. The van der Waals surface area contributed by atoms with E-state index in [9.17, 15) is 0 Å². The first-order valence-corrected chi connectivity index (χ1v) is 8.96. The molecule has 0 aliphatic heterocycles. The summed E-state index contributed by atoms with van der Waals surface area (Å²) in [6, 6.07) is 11.8. The van der Waals surface area contributed by atoms with E-state index in [1.165, 1.54) is 22.2 Å². The van der Waals surface area contributed by atoms with Gasteiger partial charge < -0.3 is 5.32 Å². The lowest BCUT2D eigenvalue weighted by Gasteiger charge is -2.24. The van der Waals surface area contributed by atoms with Crippen molar-refractivity contribution in [1.82, 2.24) is 5.32 Å². The molecule has 0 amide bonds. The first kappa shape index (κ1) is 14.3. The Morgan fingerprint density at radius 1 is 1.30 bits per heavy atom. The van der Waals surface area contributed by atoms with Crippen LogP contribution in [0.3, 0.4) is 0 Å². The van der Waals surface area contributed by atoms with Gasteiger partial charge in [-0.3, -0.25) is 0 Å². The zero-order chi connectivity index (χ0) is 13.9. The van der Waals surface area contributed by atoms with E-state index in [1.807, 2.05) is 11.3 Å². The number of halogens is 1. The van der Waals surface area contributed by atoms with E-state index in [4.69, 9.17) is 0 Å². The highest BCUT2D eigenvalue weighted by atomic mass is 79.9. The first-order valence-electron chi connectivity index (χ1n) is 7.29. The minimum absolute atomic E-state index is 0.581. The second-order valence-corrected chi connectivity index (χ2v) is 7.45. The summed E-state index contributed by atoms with van der Waals surface area (Å²) in [7, 11) is 0. The standard InChI is InChI=1S/C17H20BrNS/c1-2-19-17(10-16-9-15(18)11-20-16)14-7-12-5-3-4-6-13(12)8-14/h3-6,9,11,14,17,19H,2,7-8,10H2,1H3. The molecular formula is C17H20BrNS. The fraction of sp³-hybridized carbons (Fsp3) is 0.412. The molecule has 1 aromatic heterocycles. The highest BCUT2D eigenvalue weighted by Gasteiger charge is 2.28. The molecule has 20 heavy (non-hydrogen) atoms. The normalized spacial score (nSPS) is 16.3. The van der Waals surface area contributed by atoms with Crippen LogP contribution in [0.1, 0.15) is 22.9 Å². The molecule has 0 bridgehead atoms. The molecule has 1 atom stereocenters. The monoisotopic (exact) mass is 349 g/mol. The van der Waals surface area contributed by atoms with Gasteiger partial charge >= 0.3 is 0 Å². The van der Waals surface area contributed by atoms with Crippen molar-refractivity contribution in [2.45, 2.75) is 32.2 Å². The average molecular weight is 350 g/mol. The van der Waals surface area contributed by atoms with Gasteiger partial charge in [-0.05, 0) is 64.8 Å². The molecule has 2 aromatic rings. The molecule has 3 rings (SSSR count). The van der Waals surface area contributed by atoms with E-state index in [0.717, 1.165) is 18.9 Å². The van der Waals surface area contributed by atoms with Crippen molar-refractivity contribution in [3.05, 3.63) is 56.2 Å². The summed E-state index contributed by atoms with van der Waals surface area (Å²) in [5, 5.41) is 5.89. The number of hydrogen-bond donors (Lipinski definition) is 1. The molecule has 3 heteroatoms. The Hall–Kier alpha value is -0.640. The molecule has 1 aliphatic carbocycles. The van der Waals surface area contributed by atoms with Crippen LogP contribution in [-0.4, -0.2) is 12.6 Å². The second kappa shape index (κ2) is 6.42. The van der Waals surface area contributed by atoms with Crippen molar-refractivity contribution in [1.29, 1.82) is 0 Å². The van der Waals surface area contributed by atoms with Gasteiger partial charge in [0.05, 0.1) is 0 Å². The smallest absolute Gasteiger partial charge is 0.0285 e. The highest BCUT2D eigenvalue weighted by molar-refractivity contribution is 9.10. The lowest BCUT2D eigenvalue weighted by molar-refractivity contribution is 0.369. The topological polar surface area (TPSA) is 12.0 Å². The fourth-order valence-corrected chi connectivity index (χ4v) is 4.73. The maximum Gasteiger partial charge on any atom is 0.0285 e. The number of nitrogens with one attached hydrogen (secondary N) is 1. The summed E-state index contributed by atoms with van der Waals surface area (Å²) in [4.78, 5) is 1.47. The van der Waals surface area contributed by atoms with Crippen molar-refractivity contribution in [2.75, 3.05) is 6.54 Å². The Morgan fingerprint density at radius 2 is 2.00 bits per heavy atom. The molecule has 106 valence electrons. The Morgan fingerprint density at radius 3 is 2.55 bits per heavy atom. The summed E-state index contributed by atoms with van der Waals surface area (Å²) in [5.74, 6) is 0.730. The van der Waals surface area contributed by atoms with Crippen LogP contribution in [0.15, 0.2) is 40.2 Å². The zero-order valence-corrected chi connectivity index (χ0v) is 14.1. The van der Waals surface area contributed by atoms with Crippen LogP contribution in [0.4, 0.5) is 0 Å². The van der Waals surface area contributed by atoms with Gasteiger partial charge in [-0.15, -0.1) is 11.3 Å². The summed E-state index contributed by atoms with van der Waals surface area (Å²) in [5.41, 5.74) is 3.10. The Balaban J connectivity index is 1.72. The summed E-state index contributed by atoms with van der Waals surface area (Å²) in [6.45, 7) is 3.25. The number of benzene rings is 1. The third kappa shape index (κ3) is 3.16. The van der Waals surface area contributed by atoms with Gasteiger partial charge in [0, 0.05) is 20.8 Å². The predicted octanol–water partition coefficient (Wildman–Crippen LogP) is 4.45. The van der Waals surface area contributed by atoms with Crippen LogP contribution in [0.2, 0.25) is 0 Å². The number of likely N-dealkylation sites (N-methyl/N-ethyl adjacent to an activating group) is 1.